The van der Waals surface area contributed by atoms with Gasteiger partial charge in [0.25, 0.3) is 0 Å². The summed E-state index contributed by atoms with van der Waals surface area (Å²) in [6, 6.07) is 7.29. The number of aliphatic hydroxyl groups excluding tert-OH is 1. The Morgan fingerprint density at radius 3 is 2.55 bits per heavy atom. The molecule has 0 bridgehead atoms. The highest BCUT2D eigenvalue weighted by Crippen LogP contribution is 2.25. The van der Waals surface area contributed by atoms with Crippen molar-refractivity contribution < 1.29 is 19.4 Å². The SMILES string of the molecule is COc1ccccc1OCCC(=O)NC[C@@H](O)C(C)C. The van der Waals surface area contributed by atoms with E-state index in [4.69, 9.17) is 9.47 Å². The summed E-state index contributed by atoms with van der Waals surface area (Å²) in [6.45, 7) is 4.35. The molecular weight excluding hydrogens is 258 g/mol. The molecule has 20 heavy (non-hydrogen) atoms. The van der Waals surface area contributed by atoms with Crippen molar-refractivity contribution in [3.05, 3.63) is 24.3 Å². The number of benzene rings is 1. The van der Waals surface area contributed by atoms with Gasteiger partial charge in [0, 0.05) is 6.54 Å². The first-order valence-corrected chi connectivity index (χ1v) is 6.75. The molecule has 0 unspecified atom stereocenters. The molecule has 0 fully saturated rings. The van der Waals surface area contributed by atoms with Crippen molar-refractivity contribution in [1.29, 1.82) is 0 Å². The lowest BCUT2D eigenvalue weighted by Crippen LogP contribution is -2.35. The molecule has 1 atom stereocenters. The number of hydrogen-bond donors (Lipinski definition) is 2. The summed E-state index contributed by atoms with van der Waals surface area (Å²) in [5.74, 6) is 1.24. The van der Waals surface area contributed by atoms with Gasteiger partial charge < -0.3 is 19.9 Å². The molecule has 1 aromatic carbocycles. The average Bonchev–Trinajstić information content (AvgIpc) is 2.45. The number of rotatable bonds is 8. The fourth-order valence-electron chi connectivity index (χ4n) is 1.53. The number of aliphatic hydroxyl groups is 1. The summed E-state index contributed by atoms with van der Waals surface area (Å²) in [7, 11) is 1.57. The first-order valence-electron chi connectivity index (χ1n) is 6.75. The molecule has 0 aromatic heterocycles. The zero-order chi connectivity index (χ0) is 15.0. The summed E-state index contributed by atoms with van der Waals surface area (Å²) in [6.07, 6.45) is -0.280. The van der Waals surface area contributed by atoms with E-state index in [2.05, 4.69) is 5.32 Å². The van der Waals surface area contributed by atoms with Gasteiger partial charge in [-0.3, -0.25) is 4.79 Å². The average molecular weight is 281 g/mol. The van der Waals surface area contributed by atoms with Crippen molar-refractivity contribution in [2.75, 3.05) is 20.3 Å². The van der Waals surface area contributed by atoms with Crippen molar-refractivity contribution in [2.45, 2.75) is 26.4 Å². The van der Waals surface area contributed by atoms with E-state index in [0.29, 0.717) is 11.5 Å². The minimum absolute atomic E-state index is 0.125. The van der Waals surface area contributed by atoms with Gasteiger partial charge in [0.05, 0.1) is 26.2 Å². The number of para-hydroxylation sites is 2. The minimum Gasteiger partial charge on any atom is -0.493 e. The predicted molar refractivity (Wildman–Crippen MR) is 77.0 cm³/mol. The van der Waals surface area contributed by atoms with Crippen LogP contribution in [-0.2, 0) is 4.79 Å². The minimum atomic E-state index is -0.519. The molecule has 0 saturated carbocycles. The second kappa shape index (κ2) is 8.43. The Morgan fingerprint density at radius 1 is 1.30 bits per heavy atom. The van der Waals surface area contributed by atoms with Crippen LogP contribution in [0.1, 0.15) is 20.3 Å². The monoisotopic (exact) mass is 281 g/mol. The maximum absolute atomic E-state index is 11.6. The van der Waals surface area contributed by atoms with Gasteiger partial charge in [-0.15, -0.1) is 0 Å². The Hall–Kier alpha value is -1.75. The predicted octanol–water partition coefficient (Wildman–Crippen LogP) is 1.60. The van der Waals surface area contributed by atoms with Gasteiger partial charge in [-0.05, 0) is 18.1 Å². The molecule has 5 heteroatoms. The zero-order valence-corrected chi connectivity index (χ0v) is 12.3. The van der Waals surface area contributed by atoms with Gasteiger partial charge in [0.1, 0.15) is 0 Å². The normalized spacial score (nSPS) is 12.1. The number of hydrogen-bond acceptors (Lipinski definition) is 4. The van der Waals surface area contributed by atoms with Gasteiger partial charge in [-0.2, -0.15) is 0 Å². The molecule has 0 spiro atoms. The lowest BCUT2D eigenvalue weighted by Gasteiger charge is -2.15. The van der Waals surface area contributed by atoms with Crippen LogP contribution >= 0.6 is 0 Å². The Labute approximate surface area is 119 Å². The Kier molecular flexibility index (Phi) is 6.87. The Morgan fingerprint density at radius 2 is 1.95 bits per heavy atom. The zero-order valence-electron chi connectivity index (χ0n) is 12.3. The first kappa shape index (κ1) is 16.3. The topological polar surface area (TPSA) is 67.8 Å². The molecule has 0 aliphatic heterocycles. The molecule has 0 radical (unpaired) electrons. The van der Waals surface area contributed by atoms with Crippen LogP contribution in [-0.4, -0.2) is 37.4 Å². The molecule has 1 aromatic rings. The summed E-state index contributed by atoms with van der Waals surface area (Å²) in [5, 5.41) is 12.3. The molecule has 0 aliphatic rings. The third-order valence-corrected chi connectivity index (χ3v) is 2.93. The number of methoxy groups -OCH3 is 1. The van der Waals surface area contributed by atoms with E-state index in [9.17, 15) is 9.90 Å². The van der Waals surface area contributed by atoms with Crippen LogP contribution in [0.5, 0.6) is 11.5 Å². The molecular formula is C15H23NO4. The van der Waals surface area contributed by atoms with Gasteiger partial charge in [-0.25, -0.2) is 0 Å². The van der Waals surface area contributed by atoms with Crippen molar-refractivity contribution >= 4 is 5.91 Å². The fourth-order valence-corrected chi connectivity index (χ4v) is 1.53. The second-order valence-corrected chi connectivity index (χ2v) is 4.86. The van der Waals surface area contributed by atoms with E-state index in [1.54, 1.807) is 19.2 Å². The van der Waals surface area contributed by atoms with Gasteiger partial charge in [-0.1, -0.05) is 26.0 Å². The molecule has 0 aliphatic carbocycles. The molecule has 1 amide bonds. The first-order chi connectivity index (χ1) is 9.54. The van der Waals surface area contributed by atoms with E-state index >= 15 is 0 Å². The van der Waals surface area contributed by atoms with Crippen molar-refractivity contribution in [3.63, 3.8) is 0 Å². The summed E-state index contributed by atoms with van der Waals surface area (Å²) in [5.41, 5.74) is 0. The summed E-state index contributed by atoms with van der Waals surface area (Å²) in [4.78, 5) is 11.6. The number of nitrogens with one attached hydrogen (secondary N) is 1. The summed E-state index contributed by atoms with van der Waals surface area (Å²) >= 11 is 0. The summed E-state index contributed by atoms with van der Waals surface area (Å²) < 4.78 is 10.7. The number of carbonyl (C=O) groups is 1. The third-order valence-electron chi connectivity index (χ3n) is 2.93. The molecule has 0 saturated heterocycles. The van der Waals surface area contributed by atoms with E-state index < -0.39 is 6.10 Å². The highest BCUT2D eigenvalue weighted by molar-refractivity contribution is 5.76. The van der Waals surface area contributed by atoms with E-state index in [0.717, 1.165) is 0 Å². The number of ether oxygens (including phenoxy) is 2. The third kappa shape index (κ3) is 5.48. The fraction of sp³-hybridized carbons (Fsp3) is 0.533. The van der Waals surface area contributed by atoms with Crippen molar-refractivity contribution in [1.82, 2.24) is 5.32 Å². The molecule has 2 N–H and O–H groups in total. The van der Waals surface area contributed by atoms with Crippen LogP contribution in [0.15, 0.2) is 24.3 Å². The Balaban J connectivity index is 2.28. The smallest absolute Gasteiger partial charge is 0.223 e. The quantitative estimate of drug-likeness (QED) is 0.759. The van der Waals surface area contributed by atoms with Crippen LogP contribution in [0.2, 0.25) is 0 Å². The molecule has 0 heterocycles. The molecule has 112 valence electrons. The van der Waals surface area contributed by atoms with E-state index in [1.807, 2.05) is 26.0 Å². The largest absolute Gasteiger partial charge is 0.493 e. The lowest BCUT2D eigenvalue weighted by atomic mass is 10.1. The lowest BCUT2D eigenvalue weighted by molar-refractivity contribution is -0.122. The van der Waals surface area contributed by atoms with Crippen LogP contribution in [0.3, 0.4) is 0 Å². The Bertz CT molecular complexity index is 420. The second-order valence-electron chi connectivity index (χ2n) is 4.86. The van der Waals surface area contributed by atoms with Crippen molar-refractivity contribution in [2.24, 2.45) is 5.92 Å². The number of carbonyl (C=O) groups excluding carboxylic acids is 1. The van der Waals surface area contributed by atoms with Crippen LogP contribution in [0, 0.1) is 5.92 Å². The maximum atomic E-state index is 11.6. The standard InChI is InChI=1S/C15H23NO4/c1-11(2)12(17)10-16-15(18)8-9-20-14-7-5-4-6-13(14)19-3/h4-7,11-12,17H,8-10H2,1-3H3,(H,16,18)/t12-/m1/s1. The van der Waals surface area contributed by atoms with Crippen LogP contribution < -0.4 is 14.8 Å². The molecule has 5 nitrogen and oxygen atoms in total. The van der Waals surface area contributed by atoms with Gasteiger partial charge >= 0.3 is 0 Å². The highest BCUT2D eigenvalue weighted by Gasteiger charge is 2.11. The highest BCUT2D eigenvalue weighted by atomic mass is 16.5. The van der Waals surface area contributed by atoms with Gasteiger partial charge in [0.15, 0.2) is 11.5 Å². The van der Waals surface area contributed by atoms with E-state index in [1.165, 1.54) is 0 Å². The van der Waals surface area contributed by atoms with Crippen LogP contribution in [0.4, 0.5) is 0 Å². The van der Waals surface area contributed by atoms with E-state index in [-0.39, 0.29) is 31.4 Å². The van der Waals surface area contributed by atoms with Gasteiger partial charge in [0.2, 0.25) is 5.91 Å². The number of amides is 1. The van der Waals surface area contributed by atoms with Crippen LogP contribution in [0.25, 0.3) is 0 Å². The van der Waals surface area contributed by atoms with Crippen molar-refractivity contribution in [3.8, 4) is 11.5 Å². The maximum Gasteiger partial charge on any atom is 0.223 e. The molecule has 1 rings (SSSR count).